The molecule has 0 bridgehead atoms. The fourth-order valence-electron chi connectivity index (χ4n) is 2.84. The first-order valence-corrected chi connectivity index (χ1v) is 8.00. The number of halogens is 1. The minimum absolute atomic E-state index is 0.0781. The summed E-state index contributed by atoms with van der Waals surface area (Å²) in [5, 5.41) is 6.63. The van der Waals surface area contributed by atoms with Crippen molar-refractivity contribution >= 4 is 5.96 Å². The molecule has 0 amide bonds. The van der Waals surface area contributed by atoms with Crippen molar-refractivity contribution in [3.8, 4) is 0 Å². The average Bonchev–Trinajstić information content (AvgIpc) is 2.56. The fraction of sp³-hybridized carbons (Fsp3) is 0.588. The number of hydrogen-bond donors (Lipinski definition) is 2. The van der Waals surface area contributed by atoms with Crippen LogP contribution in [0.3, 0.4) is 0 Å². The number of ether oxygens (including phenoxy) is 1. The highest BCUT2D eigenvalue weighted by molar-refractivity contribution is 5.79. The summed E-state index contributed by atoms with van der Waals surface area (Å²) < 4.78 is 18.7. The van der Waals surface area contributed by atoms with Gasteiger partial charge in [0.1, 0.15) is 5.82 Å². The molecule has 23 heavy (non-hydrogen) atoms. The topological polar surface area (TPSA) is 48.9 Å². The third kappa shape index (κ3) is 4.91. The quantitative estimate of drug-likeness (QED) is 0.639. The Morgan fingerprint density at radius 1 is 1.30 bits per heavy atom. The maximum atomic E-state index is 13.2. The minimum Gasteiger partial charge on any atom is -0.381 e. The Kier molecular flexibility index (Phi) is 6.36. The van der Waals surface area contributed by atoms with Gasteiger partial charge in [0.05, 0.1) is 0 Å². The molecule has 0 saturated carbocycles. The fourth-order valence-corrected chi connectivity index (χ4v) is 2.84. The molecule has 1 heterocycles. The van der Waals surface area contributed by atoms with E-state index in [9.17, 15) is 4.39 Å². The van der Waals surface area contributed by atoms with Crippen molar-refractivity contribution in [1.29, 1.82) is 0 Å². The molecule has 2 rings (SSSR count). The molecule has 0 atom stereocenters. The lowest BCUT2D eigenvalue weighted by Gasteiger charge is -2.43. The number of hydrogen-bond acceptors (Lipinski definition) is 3. The summed E-state index contributed by atoms with van der Waals surface area (Å²) in [6.07, 6.45) is 1.99. The highest BCUT2D eigenvalue weighted by atomic mass is 19.1. The third-order valence-corrected chi connectivity index (χ3v) is 4.53. The van der Waals surface area contributed by atoms with Crippen LogP contribution in [-0.2, 0) is 11.3 Å². The van der Waals surface area contributed by atoms with E-state index >= 15 is 0 Å². The molecule has 0 radical (unpaired) electrons. The molecule has 0 aliphatic carbocycles. The number of aliphatic imine (C=N–C) groups is 1. The first-order valence-electron chi connectivity index (χ1n) is 8.00. The van der Waals surface area contributed by atoms with Gasteiger partial charge in [-0.15, -0.1) is 0 Å². The van der Waals surface area contributed by atoms with E-state index in [-0.39, 0.29) is 11.4 Å². The summed E-state index contributed by atoms with van der Waals surface area (Å²) in [5.41, 5.74) is 0.968. The average molecular weight is 322 g/mol. The second-order valence-corrected chi connectivity index (χ2v) is 6.14. The summed E-state index contributed by atoms with van der Waals surface area (Å²) in [7, 11) is 5.96. The van der Waals surface area contributed by atoms with Crippen molar-refractivity contribution in [2.75, 3.05) is 40.9 Å². The van der Waals surface area contributed by atoms with Gasteiger partial charge in [-0.2, -0.15) is 0 Å². The molecule has 0 spiro atoms. The van der Waals surface area contributed by atoms with Gasteiger partial charge in [0.25, 0.3) is 0 Å². The van der Waals surface area contributed by atoms with Crippen LogP contribution >= 0.6 is 0 Å². The molecule has 0 unspecified atom stereocenters. The molecule has 6 heteroatoms. The van der Waals surface area contributed by atoms with E-state index in [0.717, 1.165) is 44.1 Å². The smallest absolute Gasteiger partial charge is 0.191 e. The lowest BCUT2D eigenvalue weighted by Crippen LogP contribution is -2.57. The summed E-state index contributed by atoms with van der Waals surface area (Å²) in [6, 6.07) is 6.58. The van der Waals surface area contributed by atoms with Gasteiger partial charge in [0, 0.05) is 38.9 Å². The molecular weight excluding hydrogens is 295 g/mol. The van der Waals surface area contributed by atoms with Crippen LogP contribution in [0.5, 0.6) is 0 Å². The second kappa shape index (κ2) is 8.26. The van der Waals surface area contributed by atoms with Crippen LogP contribution in [0.25, 0.3) is 0 Å². The highest BCUT2D eigenvalue weighted by Crippen LogP contribution is 2.24. The zero-order valence-corrected chi connectivity index (χ0v) is 14.2. The van der Waals surface area contributed by atoms with E-state index in [2.05, 4.69) is 34.6 Å². The molecule has 128 valence electrons. The van der Waals surface area contributed by atoms with Crippen LogP contribution in [-0.4, -0.2) is 57.3 Å². The third-order valence-electron chi connectivity index (χ3n) is 4.53. The molecule has 5 nitrogen and oxygen atoms in total. The molecule has 1 aliphatic rings. The van der Waals surface area contributed by atoms with E-state index in [1.54, 1.807) is 13.1 Å². The van der Waals surface area contributed by atoms with Gasteiger partial charge in [-0.05, 0) is 44.6 Å². The number of nitrogens with one attached hydrogen (secondary N) is 2. The van der Waals surface area contributed by atoms with Crippen LogP contribution in [0.1, 0.15) is 18.4 Å². The Morgan fingerprint density at radius 2 is 2.04 bits per heavy atom. The lowest BCUT2D eigenvalue weighted by molar-refractivity contribution is -0.00501. The van der Waals surface area contributed by atoms with E-state index in [1.165, 1.54) is 12.1 Å². The van der Waals surface area contributed by atoms with Crippen molar-refractivity contribution in [3.05, 3.63) is 35.6 Å². The SMILES string of the molecule is CN=C(NCc1cccc(F)c1)NCC1(N(C)C)CCOCC1. The maximum absolute atomic E-state index is 13.2. The van der Waals surface area contributed by atoms with Crippen LogP contribution in [0, 0.1) is 5.82 Å². The van der Waals surface area contributed by atoms with Crippen LogP contribution in [0.15, 0.2) is 29.3 Å². The van der Waals surface area contributed by atoms with Crippen molar-refractivity contribution in [2.24, 2.45) is 4.99 Å². The molecule has 1 aromatic carbocycles. The Bertz CT molecular complexity index is 527. The summed E-state index contributed by atoms with van der Waals surface area (Å²) in [4.78, 5) is 6.52. The van der Waals surface area contributed by atoms with Crippen LogP contribution in [0.4, 0.5) is 4.39 Å². The number of rotatable bonds is 5. The molecule has 1 aliphatic heterocycles. The van der Waals surface area contributed by atoms with Gasteiger partial charge >= 0.3 is 0 Å². The van der Waals surface area contributed by atoms with Gasteiger partial charge in [-0.1, -0.05) is 12.1 Å². The first-order chi connectivity index (χ1) is 11.1. The van der Waals surface area contributed by atoms with Gasteiger partial charge in [-0.3, -0.25) is 4.99 Å². The number of likely N-dealkylation sites (N-methyl/N-ethyl adjacent to an activating group) is 1. The zero-order valence-electron chi connectivity index (χ0n) is 14.2. The van der Waals surface area contributed by atoms with Crippen molar-refractivity contribution in [2.45, 2.75) is 24.9 Å². The monoisotopic (exact) mass is 322 g/mol. The Morgan fingerprint density at radius 3 is 2.65 bits per heavy atom. The predicted octanol–water partition coefficient (Wildman–Crippen LogP) is 1.60. The van der Waals surface area contributed by atoms with Crippen LogP contribution in [0.2, 0.25) is 0 Å². The van der Waals surface area contributed by atoms with Gasteiger partial charge < -0.3 is 20.3 Å². The Balaban J connectivity index is 1.89. The largest absolute Gasteiger partial charge is 0.381 e. The van der Waals surface area contributed by atoms with Crippen molar-refractivity contribution < 1.29 is 9.13 Å². The predicted molar refractivity (Wildman–Crippen MR) is 91.1 cm³/mol. The Labute approximate surface area is 137 Å². The normalized spacial score (nSPS) is 18.0. The summed E-state index contributed by atoms with van der Waals surface area (Å²) in [5.74, 6) is 0.503. The number of nitrogens with zero attached hydrogens (tertiary/aromatic N) is 2. The Hall–Kier alpha value is -1.66. The molecule has 1 saturated heterocycles. The van der Waals surface area contributed by atoms with E-state index < -0.39 is 0 Å². The molecular formula is C17H27FN4O. The lowest BCUT2D eigenvalue weighted by atomic mass is 9.88. The van der Waals surface area contributed by atoms with Crippen LogP contribution < -0.4 is 10.6 Å². The van der Waals surface area contributed by atoms with Crippen molar-refractivity contribution in [3.63, 3.8) is 0 Å². The van der Waals surface area contributed by atoms with E-state index in [1.807, 2.05) is 6.07 Å². The first kappa shape index (κ1) is 17.7. The minimum atomic E-state index is -0.221. The maximum Gasteiger partial charge on any atom is 0.191 e. The number of guanidine groups is 1. The summed E-state index contributed by atoms with van der Waals surface area (Å²) >= 11 is 0. The van der Waals surface area contributed by atoms with Gasteiger partial charge in [-0.25, -0.2) is 4.39 Å². The second-order valence-electron chi connectivity index (χ2n) is 6.14. The van der Waals surface area contributed by atoms with Gasteiger partial charge in [0.15, 0.2) is 5.96 Å². The number of benzene rings is 1. The standard InChI is InChI=1S/C17H27FN4O/c1-19-16(20-12-14-5-4-6-15(18)11-14)21-13-17(22(2)3)7-9-23-10-8-17/h4-6,11H,7-10,12-13H2,1-3H3,(H2,19,20,21). The molecule has 1 aromatic rings. The molecule has 1 fully saturated rings. The zero-order chi connectivity index (χ0) is 16.7. The molecule has 0 aromatic heterocycles. The van der Waals surface area contributed by atoms with E-state index in [0.29, 0.717) is 6.54 Å². The van der Waals surface area contributed by atoms with Gasteiger partial charge in [0.2, 0.25) is 0 Å². The highest BCUT2D eigenvalue weighted by Gasteiger charge is 2.34. The summed E-state index contributed by atoms with van der Waals surface area (Å²) in [6.45, 7) is 2.91. The molecule has 2 N–H and O–H groups in total. The van der Waals surface area contributed by atoms with Crippen molar-refractivity contribution in [1.82, 2.24) is 15.5 Å². The van der Waals surface area contributed by atoms with E-state index in [4.69, 9.17) is 4.74 Å².